The van der Waals surface area contributed by atoms with Gasteiger partial charge in [0.1, 0.15) is 11.0 Å². The summed E-state index contributed by atoms with van der Waals surface area (Å²) in [5.41, 5.74) is 0. The summed E-state index contributed by atoms with van der Waals surface area (Å²) in [4.78, 5) is 41.2. The summed E-state index contributed by atoms with van der Waals surface area (Å²) in [7, 11) is 0. The number of piperazine rings is 1. The summed E-state index contributed by atoms with van der Waals surface area (Å²) < 4.78 is 0. The summed E-state index contributed by atoms with van der Waals surface area (Å²) in [6, 6.07) is 2.02. The summed E-state index contributed by atoms with van der Waals surface area (Å²) in [5, 5.41) is 3.95. The SMILES string of the molecule is CCN(CC)CCCC(C)NC(=O)CSc1nc(Cl)cc(N2CCN(C(=O)C3CCCCC3)C(C)C2)n1. The van der Waals surface area contributed by atoms with Gasteiger partial charge in [0.2, 0.25) is 11.8 Å². The second kappa shape index (κ2) is 15.1. The van der Waals surface area contributed by atoms with Gasteiger partial charge in [0.05, 0.1) is 5.75 Å². The zero-order valence-electron chi connectivity index (χ0n) is 23.0. The molecule has 1 saturated carbocycles. The third-order valence-corrected chi connectivity index (χ3v) is 8.64. The predicted octanol–water partition coefficient (Wildman–Crippen LogP) is 4.47. The fourth-order valence-corrected chi connectivity index (χ4v) is 6.26. The molecule has 1 aromatic heterocycles. The van der Waals surface area contributed by atoms with Crippen molar-refractivity contribution in [2.45, 2.75) is 89.9 Å². The van der Waals surface area contributed by atoms with Gasteiger partial charge in [-0.25, -0.2) is 9.97 Å². The Kier molecular flexibility index (Phi) is 12.2. The van der Waals surface area contributed by atoms with E-state index in [0.29, 0.717) is 35.9 Å². The Labute approximate surface area is 232 Å². The van der Waals surface area contributed by atoms with Crippen LogP contribution in [0.1, 0.15) is 72.6 Å². The van der Waals surface area contributed by atoms with Crippen LogP contribution in [0.15, 0.2) is 11.2 Å². The molecular formula is C27H45ClN6O2S. The highest BCUT2D eigenvalue weighted by atomic mass is 35.5. The van der Waals surface area contributed by atoms with Gasteiger partial charge in [-0.1, -0.05) is 56.5 Å². The molecule has 0 aromatic carbocycles. The monoisotopic (exact) mass is 552 g/mol. The molecule has 1 saturated heterocycles. The number of aromatic nitrogens is 2. The number of rotatable bonds is 12. The van der Waals surface area contributed by atoms with Crippen molar-refractivity contribution in [3.8, 4) is 0 Å². The minimum Gasteiger partial charge on any atom is -0.353 e. The van der Waals surface area contributed by atoms with Crippen LogP contribution in [0.5, 0.6) is 0 Å². The lowest BCUT2D eigenvalue weighted by atomic mass is 9.88. The molecule has 2 atom stereocenters. The van der Waals surface area contributed by atoms with E-state index in [2.05, 4.69) is 52.7 Å². The molecule has 1 aliphatic carbocycles. The first-order chi connectivity index (χ1) is 17.8. The molecule has 2 heterocycles. The van der Waals surface area contributed by atoms with Crippen LogP contribution in [0, 0.1) is 5.92 Å². The Hall–Kier alpha value is -1.58. The van der Waals surface area contributed by atoms with Crippen LogP contribution in [-0.2, 0) is 9.59 Å². The molecule has 0 radical (unpaired) electrons. The Bertz CT molecular complexity index is 880. The number of carbonyl (C=O) groups excluding carboxylic acids is 2. The third kappa shape index (κ3) is 9.29. The van der Waals surface area contributed by atoms with E-state index in [9.17, 15) is 9.59 Å². The second-order valence-electron chi connectivity index (χ2n) is 10.4. The molecule has 10 heteroatoms. The maximum absolute atomic E-state index is 13.1. The van der Waals surface area contributed by atoms with E-state index in [-0.39, 0.29) is 29.7 Å². The molecule has 3 rings (SSSR count). The lowest BCUT2D eigenvalue weighted by Gasteiger charge is -2.42. The number of anilines is 1. The number of amides is 2. The van der Waals surface area contributed by atoms with Gasteiger partial charge >= 0.3 is 0 Å². The van der Waals surface area contributed by atoms with E-state index in [0.717, 1.165) is 64.0 Å². The lowest BCUT2D eigenvalue weighted by Crippen LogP contribution is -2.55. The minimum absolute atomic E-state index is 0.0195. The summed E-state index contributed by atoms with van der Waals surface area (Å²) in [6.45, 7) is 13.8. The van der Waals surface area contributed by atoms with E-state index in [1.165, 1.54) is 18.2 Å². The number of carbonyl (C=O) groups is 2. The van der Waals surface area contributed by atoms with Gasteiger partial charge in [-0.2, -0.15) is 0 Å². The van der Waals surface area contributed by atoms with Crippen LogP contribution in [0.4, 0.5) is 5.82 Å². The van der Waals surface area contributed by atoms with E-state index in [4.69, 9.17) is 16.6 Å². The van der Waals surface area contributed by atoms with Crippen molar-refractivity contribution in [1.29, 1.82) is 0 Å². The van der Waals surface area contributed by atoms with Crippen molar-refractivity contribution in [1.82, 2.24) is 25.1 Å². The number of halogens is 1. The van der Waals surface area contributed by atoms with Gasteiger partial charge in [-0.15, -0.1) is 0 Å². The van der Waals surface area contributed by atoms with Gasteiger partial charge in [0.15, 0.2) is 5.16 Å². The number of hydrogen-bond donors (Lipinski definition) is 1. The van der Waals surface area contributed by atoms with E-state index in [1.807, 2.05) is 0 Å². The van der Waals surface area contributed by atoms with Crippen LogP contribution in [0.25, 0.3) is 0 Å². The molecule has 1 N–H and O–H groups in total. The van der Waals surface area contributed by atoms with Crippen molar-refractivity contribution < 1.29 is 9.59 Å². The lowest BCUT2D eigenvalue weighted by molar-refractivity contribution is -0.139. The van der Waals surface area contributed by atoms with Gasteiger partial charge < -0.3 is 20.0 Å². The molecular weight excluding hydrogens is 508 g/mol. The van der Waals surface area contributed by atoms with Crippen LogP contribution in [0.3, 0.4) is 0 Å². The molecule has 37 heavy (non-hydrogen) atoms. The molecule has 1 aliphatic heterocycles. The van der Waals surface area contributed by atoms with Crippen LogP contribution in [0.2, 0.25) is 5.15 Å². The predicted molar refractivity (Wildman–Crippen MR) is 152 cm³/mol. The normalized spacial score (nSPS) is 19.8. The average molecular weight is 553 g/mol. The van der Waals surface area contributed by atoms with Gasteiger partial charge in [0.25, 0.3) is 0 Å². The molecule has 8 nitrogen and oxygen atoms in total. The molecule has 2 unspecified atom stereocenters. The van der Waals surface area contributed by atoms with Crippen molar-refractivity contribution in [3.63, 3.8) is 0 Å². The summed E-state index contributed by atoms with van der Waals surface area (Å²) in [5.74, 6) is 1.49. The highest BCUT2D eigenvalue weighted by Crippen LogP contribution is 2.28. The van der Waals surface area contributed by atoms with Crippen molar-refractivity contribution in [3.05, 3.63) is 11.2 Å². The molecule has 208 valence electrons. The Morgan fingerprint density at radius 2 is 1.92 bits per heavy atom. The molecule has 2 aliphatic rings. The Morgan fingerprint density at radius 1 is 1.19 bits per heavy atom. The number of nitrogens with one attached hydrogen (secondary N) is 1. The third-order valence-electron chi connectivity index (χ3n) is 7.60. The second-order valence-corrected chi connectivity index (χ2v) is 11.7. The van der Waals surface area contributed by atoms with Gasteiger partial charge in [-0.3, -0.25) is 9.59 Å². The maximum atomic E-state index is 13.1. The van der Waals surface area contributed by atoms with Crippen LogP contribution < -0.4 is 10.2 Å². The average Bonchev–Trinajstić information content (AvgIpc) is 2.89. The molecule has 0 bridgehead atoms. The fourth-order valence-electron chi connectivity index (χ4n) is 5.37. The van der Waals surface area contributed by atoms with Gasteiger partial charge in [0, 0.05) is 43.7 Å². The van der Waals surface area contributed by atoms with Crippen molar-refractivity contribution >= 4 is 41.0 Å². The topological polar surface area (TPSA) is 81.7 Å². The molecule has 0 spiro atoms. The van der Waals surface area contributed by atoms with Crippen molar-refractivity contribution in [2.24, 2.45) is 5.92 Å². The Balaban J connectivity index is 1.48. The Morgan fingerprint density at radius 3 is 2.59 bits per heavy atom. The summed E-state index contributed by atoms with van der Waals surface area (Å²) >= 11 is 7.64. The minimum atomic E-state index is -0.0195. The first-order valence-corrected chi connectivity index (χ1v) is 15.4. The highest BCUT2D eigenvalue weighted by molar-refractivity contribution is 7.99. The first-order valence-electron chi connectivity index (χ1n) is 14.0. The van der Waals surface area contributed by atoms with Crippen LogP contribution >= 0.6 is 23.4 Å². The van der Waals surface area contributed by atoms with E-state index >= 15 is 0 Å². The quantitative estimate of drug-likeness (QED) is 0.233. The number of thioether (sulfide) groups is 1. The first kappa shape index (κ1) is 30.0. The van der Waals surface area contributed by atoms with E-state index < -0.39 is 0 Å². The standard InChI is InChI=1S/C27H45ClN6O2S/c1-5-32(6-2)14-10-11-20(3)29-25(35)19-37-27-30-23(28)17-24(31-27)33-15-16-34(21(4)18-33)26(36)22-12-8-7-9-13-22/h17,20-22H,5-16,18-19H2,1-4H3,(H,29,35). The maximum Gasteiger partial charge on any atom is 0.230 e. The zero-order valence-corrected chi connectivity index (χ0v) is 24.6. The molecule has 2 amide bonds. The molecule has 1 aromatic rings. The molecule has 2 fully saturated rings. The number of nitrogens with zero attached hydrogens (tertiary/aromatic N) is 5. The van der Waals surface area contributed by atoms with Crippen LogP contribution in [-0.4, -0.2) is 88.7 Å². The number of hydrogen-bond acceptors (Lipinski definition) is 7. The fraction of sp³-hybridized carbons (Fsp3) is 0.778. The zero-order chi connectivity index (χ0) is 26.8. The summed E-state index contributed by atoms with van der Waals surface area (Å²) in [6.07, 6.45) is 7.65. The van der Waals surface area contributed by atoms with Gasteiger partial charge in [-0.05, 0) is 59.2 Å². The van der Waals surface area contributed by atoms with E-state index in [1.54, 1.807) is 6.07 Å². The van der Waals surface area contributed by atoms with Crippen molar-refractivity contribution in [2.75, 3.05) is 49.9 Å². The highest BCUT2D eigenvalue weighted by Gasteiger charge is 2.33. The smallest absolute Gasteiger partial charge is 0.230 e. The largest absolute Gasteiger partial charge is 0.353 e.